The zero-order chi connectivity index (χ0) is 10.7. The first kappa shape index (κ1) is 11.5. The molecule has 4 heteroatoms. The van der Waals surface area contributed by atoms with Crippen LogP contribution in [0, 0.1) is 9.49 Å². The van der Waals surface area contributed by atoms with Crippen molar-refractivity contribution < 1.29 is 4.74 Å². The Morgan fingerprint density at radius 3 is 3.13 bits per heavy atom. The Morgan fingerprint density at radius 1 is 1.53 bits per heavy atom. The zero-order valence-electron chi connectivity index (χ0n) is 8.30. The van der Waals surface area contributed by atoms with E-state index in [1.165, 1.54) is 6.42 Å². The number of hydrogen-bond donors (Lipinski definition) is 1. The zero-order valence-corrected chi connectivity index (χ0v) is 11.2. The Balaban J connectivity index is 1.94. The van der Waals surface area contributed by atoms with Gasteiger partial charge in [-0.1, -0.05) is 11.6 Å². The molecule has 1 N–H and O–H groups in total. The van der Waals surface area contributed by atoms with Gasteiger partial charge in [-0.05, 0) is 53.8 Å². The lowest BCUT2D eigenvalue weighted by atomic mass is 10.1. The summed E-state index contributed by atoms with van der Waals surface area (Å²) in [4.78, 5) is 0. The van der Waals surface area contributed by atoms with Crippen LogP contribution in [0.5, 0.6) is 5.75 Å². The Labute approximate surface area is 108 Å². The van der Waals surface area contributed by atoms with Crippen molar-refractivity contribution in [3.8, 4) is 5.75 Å². The van der Waals surface area contributed by atoms with E-state index in [-0.39, 0.29) is 0 Å². The van der Waals surface area contributed by atoms with Crippen LogP contribution in [-0.2, 0) is 0 Å². The minimum absolute atomic E-state index is 0.624. The molecule has 1 atom stereocenters. The highest BCUT2D eigenvalue weighted by atomic mass is 127. The summed E-state index contributed by atoms with van der Waals surface area (Å²) in [7, 11) is 0. The van der Waals surface area contributed by atoms with Gasteiger partial charge in [0.2, 0.25) is 0 Å². The van der Waals surface area contributed by atoms with E-state index in [1.54, 1.807) is 0 Å². The molecule has 0 saturated carbocycles. The summed E-state index contributed by atoms with van der Waals surface area (Å²) >= 11 is 8.30. The molecule has 1 aromatic rings. The van der Waals surface area contributed by atoms with Gasteiger partial charge in [0.15, 0.2) is 0 Å². The SMILES string of the molecule is Clc1ccc(I)cc1OCC1CCNC1. The summed E-state index contributed by atoms with van der Waals surface area (Å²) in [6, 6.07) is 5.84. The van der Waals surface area contributed by atoms with E-state index in [4.69, 9.17) is 16.3 Å². The largest absolute Gasteiger partial charge is 0.492 e. The maximum atomic E-state index is 6.04. The number of benzene rings is 1. The predicted molar refractivity (Wildman–Crippen MR) is 70.6 cm³/mol. The van der Waals surface area contributed by atoms with Crippen LogP contribution in [-0.4, -0.2) is 19.7 Å². The number of nitrogens with one attached hydrogen (secondary N) is 1. The van der Waals surface area contributed by atoms with Crippen LogP contribution in [0.15, 0.2) is 18.2 Å². The molecule has 0 aromatic heterocycles. The highest BCUT2D eigenvalue weighted by Gasteiger charge is 2.15. The first-order chi connectivity index (χ1) is 7.25. The van der Waals surface area contributed by atoms with Gasteiger partial charge in [0, 0.05) is 16.0 Å². The van der Waals surface area contributed by atoms with Gasteiger partial charge < -0.3 is 10.1 Å². The van der Waals surface area contributed by atoms with E-state index in [9.17, 15) is 0 Å². The van der Waals surface area contributed by atoms with Crippen molar-refractivity contribution in [2.75, 3.05) is 19.7 Å². The minimum atomic E-state index is 0.624. The Hall–Kier alpha value is -0.0000000000000000763. The van der Waals surface area contributed by atoms with Crippen LogP contribution >= 0.6 is 34.2 Å². The van der Waals surface area contributed by atoms with Gasteiger partial charge in [0.25, 0.3) is 0 Å². The third-order valence-corrected chi connectivity index (χ3v) is 3.51. The standard InChI is InChI=1S/C11H13ClINO/c12-10-2-1-9(13)5-11(10)15-7-8-3-4-14-6-8/h1-2,5,8,14H,3-4,6-7H2. The monoisotopic (exact) mass is 337 g/mol. The molecule has 1 aliphatic rings. The summed E-state index contributed by atoms with van der Waals surface area (Å²) in [5, 5.41) is 4.02. The van der Waals surface area contributed by atoms with Gasteiger partial charge in [-0.25, -0.2) is 0 Å². The first-order valence-corrected chi connectivity index (χ1v) is 6.50. The lowest BCUT2D eigenvalue weighted by Crippen LogP contribution is -2.15. The van der Waals surface area contributed by atoms with Crippen LogP contribution in [0.4, 0.5) is 0 Å². The van der Waals surface area contributed by atoms with Crippen molar-refractivity contribution in [1.82, 2.24) is 5.32 Å². The highest BCUT2D eigenvalue weighted by Crippen LogP contribution is 2.27. The Bertz CT molecular complexity index is 339. The second-order valence-electron chi connectivity index (χ2n) is 3.74. The molecule has 82 valence electrons. The van der Waals surface area contributed by atoms with Crippen LogP contribution in [0.2, 0.25) is 5.02 Å². The molecule has 0 amide bonds. The molecule has 0 radical (unpaired) electrons. The molecule has 1 fully saturated rings. The molecular formula is C11H13ClINO. The van der Waals surface area contributed by atoms with Gasteiger partial charge in [-0.2, -0.15) is 0 Å². The number of hydrogen-bond acceptors (Lipinski definition) is 2. The topological polar surface area (TPSA) is 21.3 Å². The summed E-state index contributed by atoms with van der Waals surface area (Å²) in [5.74, 6) is 1.43. The van der Waals surface area contributed by atoms with Crippen LogP contribution in [0.3, 0.4) is 0 Å². The number of ether oxygens (including phenoxy) is 1. The van der Waals surface area contributed by atoms with Crippen molar-refractivity contribution in [3.63, 3.8) is 0 Å². The van der Waals surface area contributed by atoms with Crippen molar-refractivity contribution in [2.24, 2.45) is 5.92 Å². The van der Waals surface area contributed by atoms with Gasteiger partial charge in [0.1, 0.15) is 5.75 Å². The average Bonchev–Trinajstić information content (AvgIpc) is 2.72. The highest BCUT2D eigenvalue weighted by molar-refractivity contribution is 14.1. The average molecular weight is 338 g/mol. The second kappa shape index (κ2) is 5.37. The molecule has 1 saturated heterocycles. The predicted octanol–water partition coefficient (Wildman–Crippen LogP) is 2.93. The molecule has 1 aliphatic heterocycles. The van der Waals surface area contributed by atoms with Gasteiger partial charge in [-0.15, -0.1) is 0 Å². The third-order valence-electron chi connectivity index (χ3n) is 2.53. The van der Waals surface area contributed by atoms with E-state index in [0.717, 1.165) is 29.0 Å². The fraction of sp³-hybridized carbons (Fsp3) is 0.455. The van der Waals surface area contributed by atoms with E-state index < -0.39 is 0 Å². The lowest BCUT2D eigenvalue weighted by Gasteiger charge is -2.12. The van der Waals surface area contributed by atoms with Crippen molar-refractivity contribution >= 4 is 34.2 Å². The molecule has 1 unspecified atom stereocenters. The molecular weight excluding hydrogens is 324 g/mol. The van der Waals surface area contributed by atoms with E-state index in [1.807, 2.05) is 18.2 Å². The summed E-state index contributed by atoms with van der Waals surface area (Å²) in [5.41, 5.74) is 0. The van der Waals surface area contributed by atoms with Crippen molar-refractivity contribution in [3.05, 3.63) is 26.8 Å². The van der Waals surface area contributed by atoms with E-state index >= 15 is 0 Å². The minimum Gasteiger partial charge on any atom is -0.492 e. The van der Waals surface area contributed by atoms with Gasteiger partial charge >= 0.3 is 0 Å². The maximum absolute atomic E-state index is 6.04. The first-order valence-electron chi connectivity index (χ1n) is 5.04. The molecule has 1 aromatic carbocycles. The molecule has 0 spiro atoms. The third kappa shape index (κ3) is 3.23. The van der Waals surface area contributed by atoms with E-state index in [0.29, 0.717) is 10.9 Å². The van der Waals surface area contributed by atoms with Crippen LogP contribution in [0.25, 0.3) is 0 Å². The number of rotatable bonds is 3. The molecule has 2 rings (SSSR count). The molecule has 0 bridgehead atoms. The summed E-state index contributed by atoms with van der Waals surface area (Å²) in [6.07, 6.45) is 1.20. The van der Waals surface area contributed by atoms with Gasteiger partial charge in [-0.3, -0.25) is 0 Å². The number of halogens is 2. The quantitative estimate of drug-likeness (QED) is 0.856. The molecule has 2 nitrogen and oxygen atoms in total. The summed E-state index contributed by atoms with van der Waals surface area (Å²) in [6.45, 7) is 2.92. The van der Waals surface area contributed by atoms with Crippen molar-refractivity contribution in [2.45, 2.75) is 6.42 Å². The maximum Gasteiger partial charge on any atom is 0.138 e. The molecule has 1 heterocycles. The normalized spacial score (nSPS) is 20.5. The van der Waals surface area contributed by atoms with Gasteiger partial charge in [0.05, 0.1) is 11.6 Å². The molecule has 0 aliphatic carbocycles. The lowest BCUT2D eigenvalue weighted by molar-refractivity contribution is 0.260. The Morgan fingerprint density at radius 2 is 2.40 bits per heavy atom. The second-order valence-corrected chi connectivity index (χ2v) is 5.40. The fourth-order valence-corrected chi connectivity index (χ4v) is 2.29. The summed E-state index contributed by atoms with van der Waals surface area (Å²) < 4.78 is 6.87. The van der Waals surface area contributed by atoms with Crippen LogP contribution in [0.1, 0.15) is 6.42 Å². The van der Waals surface area contributed by atoms with E-state index in [2.05, 4.69) is 27.9 Å². The molecule has 15 heavy (non-hydrogen) atoms. The fourth-order valence-electron chi connectivity index (χ4n) is 1.65. The van der Waals surface area contributed by atoms with Crippen LogP contribution < -0.4 is 10.1 Å². The smallest absolute Gasteiger partial charge is 0.138 e. The van der Waals surface area contributed by atoms with Crippen molar-refractivity contribution in [1.29, 1.82) is 0 Å². The Kier molecular flexibility index (Phi) is 4.11.